The van der Waals surface area contributed by atoms with Crippen molar-refractivity contribution in [3.05, 3.63) is 53.6 Å². The predicted octanol–water partition coefficient (Wildman–Crippen LogP) is 2.54. The molecular formula is C23H30N2O4. The topological polar surface area (TPSA) is 54.4 Å². The fraction of sp³-hybridized carbons (Fsp3) is 0.478. The lowest BCUT2D eigenvalue weighted by Gasteiger charge is -2.35. The van der Waals surface area contributed by atoms with Crippen LogP contribution in [0.2, 0.25) is 0 Å². The summed E-state index contributed by atoms with van der Waals surface area (Å²) in [5.74, 6) is 2.49. The Labute approximate surface area is 172 Å². The van der Waals surface area contributed by atoms with Gasteiger partial charge in [-0.15, -0.1) is 0 Å². The molecule has 156 valence electrons. The summed E-state index contributed by atoms with van der Waals surface area (Å²) in [4.78, 5) is 4.75. The molecule has 2 heterocycles. The molecule has 0 amide bonds. The zero-order valence-electron chi connectivity index (χ0n) is 17.0. The van der Waals surface area contributed by atoms with Crippen molar-refractivity contribution in [3.63, 3.8) is 0 Å². The molecule has 1 fully saturated rings. The molecule has 29 heavy (non-hydrogen) atoms. The monoisotopic (exact) mass is 398 g/mol. The number of hydrogen-bond acceptors (Lipinski definition) is 6. The van der Waals surface area contributed by atoms with Crippen molar-refractivity contribution in [3.8, 4) is 17.2 Å². The van der Waals surface area contributed by atoms with E-state index in [1.165, 1.54) is 11.1 Å². The van der Waals surface area contributed by atoms with Gasteiger partial charge < -0.3 is 19.3 Å². The maximum Gasteiger partial charge on any atom is 0.231 e. The number of hydrogen-bond donors (Lipinski definition) is 1. The Hall–Kier alpha value is -2.28. The predicted molar refractivity (Wildman–Crippen MR) is 112 cm³/mol. The molecule has 1 atom stereocenters. The minimum absolute atomic E-state index is 0.313. The first kappa shape index (κ1) is 20.0. The standard InChI is InChI=1S/C23H30N2O4/c1-2-18-3-6-21(7-4-18)27-16-20(26)15-25-11-9-24(10-12-25)14-19-5-8-22-23(13-19)29-17-28-22/h3-8,13,20,26H,2,9-12,14-17H2,1H3/t20-/m1/s1. The van der Waals surface area contributed by atoms with Gasteiger partial charge in [0.2, 0.25) is 6.79 Å². The molecule has 1 saturated heterocycles. The SMILES string of the molecule is CCc1ccc(OC[C@H](O)CN2CCN(Cc3ccc4c(c3)OCO4)CC2)cc1. The molecule has 2 aromatic rings. The van der Waals surface area contributed by atoms with Crippen LogP contribution in [-0.2, 0) is 13.0 Å². The molecule has 0 aliphatic carbocycles. The average Bonchev–Trinajstić information content (AvgIpc) is 3.22. The number of fused-ring (bicyclic) bond motifs is 1. The summed E-state index contributed by atoms with van der Waals surface area (Å²) in [7, 11) is 0. The fourth-order valence-corrected chi connectivity index (χ4v) is 3.79. The number of piperazine rings is 1. The van der Waals surface area contributed by atoms with Crippen molar-refractivity contribution in [2.75, 3.05) is 46.1 Å². The molecule has 6 nitrogen and oxygen atoms in total. The molecule has 0 radical (unpaired) electrons. The number of aryl methyl sites for hydroxylation is 1. The van der Waals surface area contributed by atoms with Crippen LogP contribution in [0.15, 0.2) is 42.5 Å². The van der Waals surface area contributed by atoms with Crippen molar-refractivity contribution in [2.24, 2.45) is 0 Å². The Bertz CT molecular complexity index is 788. The Kier molecular flexibility index (Phi) is 6.54. The van der Waals surface area contributed by atoms with Gasteiger partial charge in [0.05, 0.1) is 0 Å². The molecule has 1 N–H and O–H groups in total. The van der Waals surface area contributed by atoms with E-state index in [2.05, 4.69) is 41.0 Å². The van der Waals surface area contributed by atoms with E-state index >= 15 is 0 Å². The summed E-state index contributed by atoms with van der Waals surface area (Å²) in [5, 5.41) is 10.3. The van der Waals surface area contributed by atoms with E-state index in [1.807, 2.05) is 18.2 Å². The number of β-amino-alcohol motifs (C(OH)–C–C–N with tert-alkyl or cyclic N) is 1. The van der Waals surface area contributed by atoms with E-state index < -0.39 is 6.10 Å². The maximum absolute atomic E-state index is 10.3. The lowest BCUT2D eigenvalue weighted by atomic mass is 10.1. The summed E-state index contributed by atoms with van der Waals surface area (Å²) in [6.07, 6.45) is 0.532. The molecule has 0 saturated carbocycles. The van der Waals surface area contributed by atoms with E-state index in [4.69, 9.17) is 14.2 Å². The van der Waals surface area contributed by atoms with E-state index in [0.29, 0.717) is 19.9 Å². The molecule has 2 aliphatic rings. The number of ether oxygens (including phenoxy) is 3. The fourth-order valence-electron chi connectivity index (χ4n) is 3.79. The molecule has 6 heteroatoms. The summed E-state index contributed by atoms with van der Waals surface area (Å²) in [5.41, 5.74) is 2.53. The van der Waals surface area contributed by atoms with E-state index in [0.717, 1.165) is 56.4 Å². The van der Waals surface area contributed by atoms with Gasteiger partial charge in [-0.05, 0) is 41.8 Å². The van der Waals surface area contributed by atoms with Crippen LogP contribution in [0.5, 0.6) is 17.2 Å². The quantitative estimate of drug-likeness (QED) is 0.738. The van der Waals surface area contributed by atoms with E-state index in [9.17, 15) is 5.11 Å². The highest BCUT2D eigenvalue weighted by molar-refractivity contribution is 5.44. The normalized spacial score (nSPS) is 18.0. The third-order valence-corrected chi connectivity index (χ3v) is 5.55. The second-order valence-electron chi connectivity index (χ2n) is 7.73. The summed E-state index contributed by atoms with van der Waals surface area (Å²) >= 11 is 0. The largest absolute Gasteiger partial charge is 0.491 e. The number of aliphatic hydroxyl groups excluding tert-OH is 1. The number of aliphatic hydroxyl groups is 1. The first-order valence-corrected chi connectivity index (χ1v) is 10.4. The van der Waals surface area contributed by atoms with Gasteiger partial charge in [-0.3, -0.25) is 9.80 Å². The zero-order chi connectivity index (χ0) is 20.1. The van der Waals surface area contributed by atoms with Crippen molar-refractivity contribution in [2.45, 2.75) is 26.0 Å². The minimum Gasteiger partial charge on any atom is -0.491 e. The lowest BCUT2D eigenvalue weighted by molar-refractivity contribution is 0.0446. The Morgan fingerprint density at radius 3 is 2.38 bits per heavy atom. The molecule has 0 unspecified atom stereocenters. The minimum atomic E-state index is -0.485. The lowest BCUT2D eigenvalue weighted by Crippen LogP contribution is -2.48. The third-order valence-electron chi connectivity index (χ3n) is 5.55. The van der Waals surface area contributed by atoms with Gasteiger partial charge in [0.1, 0.15) is 18.5 Å². The van der Waals surface area contributed by atoms with E-state index in [1.54, 1.807) is 0 Å². The van der Waals surface area contributed by atoms with Crippen molar-refractivity contribution in [1.29, 1.82) is 0 Å². The third kappa shape index (κ3) is 5.41. The molecule has 4 rings (SSSR count). The second kappa shape index (κ2) is 9.48. The summed E-state index contributed by atoms with van der Waals surface area (Å²) < 4.78 is 16.6. The van der Waals surface area contributed by atoms with Gasteiger partial charge in [-0.25, -0.2) is 0 Å². The van der Waals surface area contributed by atoms with Crippen LogP contribution in [-0.4, -0.2) is 67.1 Å². The van der Waals surface area contributed by atoms with Gasteiger partial charge in [-0.2, -0.15) is 0 Å². The van der Waals surface area contributed by atoms with Gasteiger partial charge >= 0.3 is 0 Å². The average molecular weight is 399 g/mol. The van der Waals surface area contributed by atoms with Crippen molar-refractivity contribution in [1.82, 2.24) is 9.80 Å². The highest BCUT2D eigenvalue weighted by Crippen LogP contribution is 2.32. The molecular weight excluding hydrogens is 368 g/mol. The van der Waals surface area contributed by atoms with E-state index in [-0.39, 0.29) is 0 Å². The molecule has 2 aromatic carbocycles. The maximum atomic E-state index is 10.3. The first-order chi connectivity index (χ1) is 14.2. The van der Waals surface area contributed by atoms with Crippen LogP contribution < -0.4 is 14.2 Å². The van der Waals surface area contributed by atoms with Gasteiger partial charge in [0.15, 0.2) is 11.5 Å². The molecule has 0 bridgehead atoms. The van der Waals surface area contributed by atoms with Gasteiger partial charge in [0, 0.05) is 39.3 Å². The number of nitrogens with zero attached hydrogens (tertiary/aromatic N) is 2. The van der Waals surface area contributed by atoms with Crippen LogP contribution in [0.4, 0.5) is 0 Å². The molecule has 0 spiro atoms. The Morgan fingerprint density at radius 2 is 1.62 bits per heavy atom. The van der Waals surface area contributed by atoms with Crippen molar-refractivity contribution < 1.29 is 19.3 Å². The summed E-state index contributed by atoms with van der Waals surface area (Å²) in [6.45, 7) is 8.19. The van der Waals surface area contributed by atoms with Gasteiger partial charge in [0.25, 0.3) is 0 Å². The zero-order valence-corrected chi connectivity index (χ0v) is 17.0. The smallest absolute Gasteiger partial charge is 0.231 e. The Morgan fingerprint density at radius 1 is 0.931 bits per heavy atom. The highest BCUT2D eigenvalue weighted by atomic mass is 16.7. The number of benzene rings is 2. The van der Waals surface area contributed by atoms with Crippen LogP contribution >= 0.6 is 0 Å². The van der Waals surface area contributed by atoms with Gasteiger partial charge in [-0.1, -0.05) is 25.1 Å². The van der Waals surface area contributed by atoms with Crippen LogP contribution in [0.3, 0.4) is 0 Å². The number of rotatable bonds is 8. The van der Waals surface area contributed by atoms with Crippen LogP contribution in [0, 0.1) is 0 Å². The first-order valence-electron chi connectivity index (χ1n) is 10.4. The Balaban J connectivity index is 1.17. The van der Waals surface area contributed by atoms with Crippen molar-refractivity contribution >= 4 is 0 Å². The molecule has 0 aromatic heterocycles. The molecule has 2 aliphatic heterocycles. The van der Waals surface area contributed by atoms with Crippen LogP contribution in [0.1, 0.15) is 18.1 Å². The second-order valence-corrected chi connectivity index (χ2v) is 7.73. The highest BCUT2D eigenvalue weighted by Gasteiger charge is 2.20. The van der Waals surface area contributed by atoms with Crippen LogP contribution in [0.25, 0.3) is 0 Å². The summed E-state index contributed by atoms with van der Waals surface area (Å²) in [6, 6.07) is 14.3.